The maximum atomic E-state index is 12.7. The van der Waals surface area contributed by atoms with Gasteiger partial charge in [0, 0.05) is 29.1 Å². The van der Waals surface area contributed by atoms with Gasteiger partial charge in [-0.2, -0.15) is 0 Å². The number of carbonyl (C=O) groups is 1. The van der Waals surface area contributed by atoms with Gasteiger partial charge in [0.05, 0.1) is 5.92 Å². The third-order valence-corrected chi connectivity index (χ3v) is 6.99. The molecule has 20 heavy (non-hydrogen) atoms. The topological polar surface area (TPSA) is 35.5 Å². The number of ether oxygens (including phenoxy) is 2. The number of methoxy groups -OCH3 is 2. The predicted octanol–water partition coefficient (Wildman–Crippen LogP) is 4.39. The van der Waals surface area contributed by atoms with Crippen molar-refractivity contribution in [1.29, 1.82) is 0 Å². The highest BCUT2D eigenvalue weighted by Gasteiger charge is 2.68. The van der Waals surface area contributed by atoms with E-state index in [1.165, 1.54) is 19.3 Å². The maximum absolute atomic E-state index is 12.7. The van der Waals surface area contributed by atoms with Gasteiger partial charge in [-0.05, 0) is 6.42 Å². The monoisotopic (exact) mass is 408 g/mol. The van der Waals surface area contributed by atoms with Gasteiger partial charge in [0.2, 0.25) is 0 Å². The number of hydrogen-bond donors (Lipinski definition) is 0. The second-order valence-electron chi connectivity index (χ2n) is 5.59. The molecule has 0 aromatic heterocycles. The second-order valence-corrected chi connectivity index (χ2v) is 7.30. The SMILES string of the molecule is CCCCCC[C@@H]1C(=O)[C@@H]2C(Br)=C(Br)[C@H]1C2(OC)OC. The Morgan fingerprint density at radius 1 is 1.10 bits per heavy atom. The molecule has 0 amide bonds. The van der Waals surface area contributed by atoms with E-state index in [9.17, 15) is 4.79 Å². The van der Waals surface area contributed by atoms with E-state index in [0.29, 0.717) is 0 Å². The molecule has 0 N–H and O–H groups in total. The maximum Gasteiger partial charge on any atom is 0.190 e. The lowest BCUT2D eigenvalue weighted by atomic mass is 9.87. The van der Waals surface area contributed by atoms with Crippen LogP contribution in [0.15, 0.2) is 8.96 Å². The molecular formula is C15H22Br2O3. The van der Waals surface area contributed by atoms with Crippen LogP contribution in [0.4, 0.5) is 0 Å². The van der Waals surface area contributed by atoms with Gasteiger partial charge in [-0.3, -0.25) is 4.79 Å². The molecule has 2 aliphatic rings. The van der Waals surface area contributed by atoms with Crippen LogP contribution in [0, 0.1) is 17.8 Å². The summed E-state index contributed by atoms with van der Waals surface area (Å²) in [6.45, 7) is 2.19. The van der Waals surface area contributed by atoms with E-state index in [1.54, 1.807) is 14.2 Å². The average molecular weight is 410 g/mol. The average Bonchev–Trinajstić information content (AvgIpc) is 2.82. The summed E-state index contributed by atoms with van der Waals surface area (Å²) in [5.41, 5.74) is 0. The molecule has 114 valence electrons. The molecule has 2 bridgehead atoms. The second kappa shape index (κ2) is 6.59. The van der Waals surface area contributed by atoms with E-state index in [1.807, 2.05) is 0 Å². The van der Waals surface area contributed by atoms with Crippen LogP contribution in [0.5, 0.6) is 0 Å². The minimum absolute atomic E-state index is 0.00688. The van der Waals surface area contributed by atoms with Gasteiger partial charge in [0.25, 0.3) is 0 Å². The number of ketones is 1. The van der Waals surface area contributed by atoms with Crippen molar-refractivity contribution >= 4 is 37.6 Å². The van der Waals surface area contributed by atoms with Crippen molar-refractivity contribution in [2.24, 2.45) is 17.8 Å². The Hall–Kier alpha value is 0.290. The summed E-state index contributed by atoms with van der Waals surface area (Å²) >= 11 is 7.16. The van der Waals surface area contributed by atoms with Crippen molar-refractivity contribution in [3.8, 4) is 0 Å². The zero-order valence-electron chi connectivity index (χ0n) is 12.2. The van der Waals surface area contributed by atoms with Gasteiger partial charge >= 0.3 is 0 Å². The normalized spacial score (nSPS) is 31.4. The molecule has 0 saturated heterocycles. The van der Waals surface area contributed by atoms with Gasteiger partial charge in [0.1, 0.15) is 11.7 Å². The Balaban J connectivity index is 2.19. The minimum Gasteiger partial charge on any atom is -0.351 e. The van der Waals surface area contributed by atoms with E-state index >= 15 is 0 Å². The number of carbonyl (C=O) groups excluding carboxylic acids is 1. The third-order valence-electron chi connectivity index (χ3n) is 4.65. The van der Waals surface area contributed by atoms with Crippen LogP contribution in [0.3, 0.4) is 0 Å². The van der Waals surface area contributed by atoms with Gasteiger partial charge in [-0.15, -0.1) is 0 Å². The molecular weight excluding hydrogens is 388 g/mol. The summed E-state index contributed by atoms with van der Waals surface area (Å²) in [4.78, 5) is 12.7. The lowest BCUT2D eigenvalue weighted by Gasteiger charge is -2.32. The molecule has 0 unspecified atom stereocenters. The molecule has 3 nitrogen and oxygen atoms in total. The van der Waals surface area contributed by atoms with Crippen molar-refractivity contribution in [3.63, 3.8) is 0 Å². The number of Topliss-reactive ketones (excluding diaryl/α,β-unsaturated/α-hetero) is 1. The molecule has 5 heteroatoms. The zero-order chi connectivity index (χ0) is 14.9. The lowest BCUT2D eigenvalue weighted by molar-refractivity contribution is -0.232. The van der Waals surface area contributed by atoms with Gasteiger partial charge in [-0.1, -0.05) is 64.5 Å². The van der Waals surface area contributed by atoms with Gasteiger partial charge in [-0.25, -0.2) is 0 Å². The highest BCUT2D eigenvalue weighted by molar-refractivity contribution is 9.14. The first-order valence-electron chi connectivity index (χ1n) is 7.24. The first-order valence-corrected chi connectivity index (χ1v) is 8.82. The largest absolute Gasteiger partial charge is 0.351 e. The summed E-state index contributed by atoms with van der Waals surface area (Å²) in [7, 11) is 3.25. The van der Waals surface area contributed by atoms with Crippen LogP contribution in [-0.2, 0) is 14.3 Å². The Morgan fingerprint density at radius 3 is 2.25 bits per heavy atom. The molecule has 1 fully saturated rings. The molecule has 0 aromatic carbocycles. The minimum atomic E-state index is -0.829. The highest BCUT2D eigenvalue weighted by atomic mass is 79.9. The first-order chi connectivity index (χ1) is 9.55. The molecule has 2 rings (SSSR count). The molecule has 0 heterocycles. The molecule has 3 atom stereocenters. The van der Waals surface area contributed by atoms with Crippen LogP contribution in [0.25, 0.3) is 0 Å². The van der Waals surface area contributed by atoms with E-state index in [-0.39, 0.29) is 23.5 Å². The summed E-state index contributed by atoms with van der Waals surface area (Å²) in [6, 6.07) is 0. The van der Waals surface area contributed by atoms with Gasteiger partial charge < -0.3 is 9.47 Å². The molecule has 0 radical (unpaired) electrons. The van der Waals surface area contributed by atoms with Crippen LogP contribution < -0.4 is 0 Å². The van der Waals surface area contributed by atoms with Crippen LogP contribution in [-0.4, -0.2) is 25.8 Å². The van der Waals surface area contributed by atoms with Crippen LogP contribution >= 0.6 is 31.9 Å². The van der Waals surface area contributed by atoms with E-state index in [2.05, 4.69) is 38.8 Å². The van der Waals surface area contributed by atoms with E-state index in [0.717, 1.165) is 21.8 Å². The van der Waals surface area contributed by atoms with Crippen LogP contribution in [0.1, 0.15) is 39.0 Å². The molecule has 2 aliphatic carbocycles. The van der Waals surface area contributed by atoms with Crippen molar-refractivity contribution in [2.75, 3.05) is 14.2 Å². The summed E-state index contributed by atoms with van der Waals surface area (Å²) < 4.78 is 13.2. The zero-order valence-corrected chi connectivity index (χ0v) is 15.4. The number of halogens is 2. The Morgan fingerprint density at radius 2 is 1.75 bits per heavy atom. The standard InChI is InChI=1S/C15H22Br2O3/c1-4-5-6-7-8-9-10-12(16)13(17)11(14(9)18)15(10,19-2)20-3/h9-11H,4-8H2,1-3H3/t9-,10-,11-/m0/s1. The Labute approximate surface area is 137 Å². The molecule has 1 saturated carbocycles. The fraction of sp³-hybridized carbons (Fsp3) is 0.800. The van der Waals surface area contributed by atoms with E-state index in [4.69, 9.17) is 9.47 Å². The number of rotatable bonds is 7. The fourth-order valence-corrected chi connectivity index (χ4v) is 5.31. The number of fused-ring (bicyclic) bond motifs is 2. The quantitative estimate of drug-likeness (QED) is 0.462. The Bertz CT molecular complexity index is 415. The van der Waals surface area contributed by atoms with Crippen LogP contribution in [0.2, 0.25) is 0 Å². The predicted molar refractivity (Wildman–Crippen MR) is 85.9 cm³/mol. The summed E-state index contributed by atoms with van der Waals surface area (Å²) in [5.74, 6) is -0.916. The Kier molecular flexibility index (Phi) is 5.49. The van der Waals surface area contributed by atoms with Crippen molar-refractivity contribution in [2.45, 2.75) is 44.8 Å². The third kappa shape index (κ3) is 2.34. The fourth-order valence-electron chi connectivity index (χ4n) is 3.65. The number of unbranched alkanes of at least 4 members (excludes halogenated alkanes) is 3. The number of hydrogen-bond acceptors (Lipinski definition) is 3. The van der Waals surface area contributed by atoms with Crippen molar-refractivity contribution in [3.05, 3.63) is 8.96 Å². The smallest absolute Gasteiger partial charge is 0.190 e. The summed E-state index contributed by atoms with van der Waals surface area (Å²) in [6.07, 6.45) is 5.64. The van der Waals surface area contributed by atoms with E-state index < -0.39 is 5.79 Å². The molecule has 0 aliphatic heterocycles. The van der Waals surface area contributed by atoms with Crippen molar-refractivity contribution in [1.82, 2.24) is 0 Å². The summed E-state index contributed by atoms with van der Waals surface area (Å²) in [5, 5.41) is 0. The first kappa shape index (κ1) is 16.7. The molecule has 0 aromatic rings. The van der Waals surface area contributed by atoms with Crippen molar-refractivity contribution < 1.29 is 14.3 Å². The molecule has 0 spiro atoms. The highest BCUT2D eigenvalue weighted by Crippen LogP contribution is 2.62. The van der Waals surface area contributed by atoms with Gasteiger partial charge in [0.15, 0.2) is 5.79 Å². The lowest BCUT2D eigenvalue weighted by Crippen LogP contribution is -2.41.